The van der Waals surface area contributed by atoms with Crippen molar-refractivity contribution in [2.75, 3.05) is 27.9 Å². The number of hydrogen-bond acceptors (Lipinski definition) is 7. The zero-order valence-corrected chi connectivity index (χ0v) is 14.7. The first-order valence-electron chi connectivity index (χ1n) is 6.91. The van der Waals surface area contributed by atoms with E-state index in [1.165, 1.54) is 32.6 Å². The van der Waals surface area contributed by atoms with E-state index >= 15 is 0 Å². The summed E-state index contributed by atoms with van der Waals surface area (Å²) in [5.41, 5.74) is 2.68. The molecule has 0 bridgehead atoms. The molecule has 0 aliphatic rings. The van der Waals surface area contributed by atoms with Gasteiger partial charge in [0.2, 0.25) is 0 Å². The summed E-state index contributed by atoms with van der Waals surface area (Å²) in [6.45, 7) is 2.37. The van der Waals surface area contributed by atoms with Crippen LogP contribution in [0.1, 0.15) is 12.5 Å². The molecule has 0 saturated heterocycles. The number of nitro groups is 1. The molecule has 0 saturated carbocycles. The lowest BCUT2D eigenvalue weighted by molar-refractivity contribution is -0.385. The van der Waals surface area contributed by atoms with Gasteiger partial charge in [-0.2, -0.15) is 5.10 Å². The molecule has 0 heterocycles. The molecule has 0 fully saturated rings. The number of nitro benzene ring substituents is 1. The molecule has 0 radical (unpaired) electrons. The summed E-state index contributed by atoms with van der Waals surface area (Å²) in [6.07, 6.45) is 1.29. The summed E-state index contributed by atoms with van der Waals surface area (Å²) in [5.74, 6) is 0.624. The van der Waals surface area contributed by atoms with Crippen molar-refractivity contribution in [3.63, 3.8) is 0 Å². The minimum Gasteiger partial charge on any atom is -0.493 e. The van der Waals surface area contributed by atoms with Gasteiger partial charge in [-0.15, -0.1) is 0 Å². The molecule has 0 amide bonds. The zero-order chi connectivity index (χ0) is 18.1. The molecular weight excluding hydrogens is 336 g/mol. The van der Waals surface area contributed by atoms with Crippen LogP contribution in [0.15, 0.2) is 17.2 Å². The Labute approximate surface area is 145 Å². The largest absolute Gasteiger partial charge is 0.493 e. The van der Waals surface area contributed by atoms with E-state index in [0.29, 0.717) is 12.4 Å². The van der Waals surface area contributed by atoms with Gasteiger partial charge in [-0.05, 0) is 25.2 Å². The van der Waals surface area contributed by atoms with Crippen LogP contribution in [-0.4, -0.2) is 50.2 Å². The third-order valence-corrected chi connectivity index (χ3v) is 3.10. The van der Waals surface area contributed by atoms with E-state index in [9.17, 15) is 10.1 Å². The first-order chi connectivity index (χ1) is 11.4. The SMILES string of the molecule is COC[C@@H](C)NC(=S)N/N=C\c1cc(OC)c(OC)cc1[N+](=O)[O-]. The Kier molecular flexibility index (Phi) is 7.86. The molecule has 1 rings (SSSR count). The highest BCUT2D eigenvalue weighted by molar-refractivity contribution is 7.80. The van der Waals surface area contributed by atoms with Crippen molar-refractivity contribution in [3.8, 4) is 11.5 Å². The Bertz CT molecular complexity index is 623. The monoisotopic (exact) mass is 356 g/mol. The molecule has 9 nitrogen and oxygen atoms in total. The highest BCUT2D eigenvalue weighted by Crippen LogP contribution is 2.33. The Morgan fingerprint density at radius 2 is 2.00 bits per heavy atom. The summed E-state index contributed by atoms with van der Waals surface area (Å²) in [7, 11) is 4.43. The van der Waals surface area contributed by atoms with Crippen molar-refractivity contribution in [1.82, 2.24) is 10.7 Å². The van der Waals surface area contributed by atoms with E-state index in [1.54, 1.807) is 7.11 Å². The van der Waals surface area contributed by atoms with Crippen molar-refractivity contribution in [2.45, 2.75) is 13.0 Å². The minimum absolute atomic E-state index is 0.000571. The Balaban J connectivity index is 2.89. The summed E-state index contributed by atoms with van der Waals surface area (Å²) < 4.78 is 15.2. The summed E-state index contributed by atoms with van der Waals surface area (Å²) in [4.78, 5) is 10.7. The van der Waals surface area contributed by atoms with Crippen LogP contribution in [0.5, 0.6) is 11.5 Å². The summed E-state index contributed by atoms with van der Waals surface area (Å²) in [5, 5.41) is 18.3. The number of methoxy groups -OCH3 is 3. The van der Waals surface area contributed by atoms with Gasteiger partial charge < -0.3 is 19.5 Å². The van der Waals surface area contributed by atoms with E-state index in [4.69, 9.17) is 26.4 Å². The fourth-order valence-electron chi connectivity index (χ4n) is 1.85. The third kappa shape index (κ3) is 5.63. The van der Waals surface area contributed by atoms with Crippen LogP contribution in [0.25, 0.3) is 0 Å². The van der Waals surface area contributed by atoms with E-state index in [0.717, 1.165) is 0 Å². The molecule has 2 N–H and O–H groups in total. The number of thiocarbonyl (C=S) groups is 1. The molecule has 1 aromatic rings. The number of ether oxygens (including phenoxy) is 3. The second-order valence-electron chi connectivity index (χ2n) is 4.72. The number of benzene rings is 1. The smallest absolute Gasteiger partial charge is 0.282 e. The molecule has 0 aliphatic heterocycles. The highest BCUT2D eigenvalue weighted by Gasteiger charge is 2.18. The van der Waals surface area contributed by atoms with Crippen LogP contribution in [0.4, 0.5) is 5.69 Å². The molecule has 10 heteroatoms. The van der Waals surface area contributed by atoms with Gasteiger partial charge in [-0.1, -0.05) is 0 Å². The standard InChI is InChI=1S/C14H20N4O5S/c1-9(8-21-2)16-14(24)17-15-7-10-5-12(22-3)13(23-4)6-11(10)18(19)20/h5-7,9H,8H2,1-4H3,(H2,16,17,24)/b15-7-/t9-/m1/s1. The molecule has 0 spiro atoms. The van der Waals surface area contributed by atoms with Crippen molar-refractivity contribution >= 4 is 29.2 Å². The first kappa shape index (κ1) is 19.6. The van der Waals surface area contributed by atoms with Crippen molar-refractivity contribution in [2.24, 2.45) is 5.10 Å². The Hall–Kier alpha value is -2.46. The Morgan fingerprint density at radius 3 is 2.54 bits per heavy atom. The normalized spacial score (nSPS) is 11.8. The lowest BCUT2D eigenvalue weighted by Crippen LogP contribution is -2.40. The van der Waals surface area contributed by atoms with Gasteiger partial charge in [-0.3, -0.25) is 15.5 Å². The summed E-state index contributed by atoms with van der Waals surface area (Å²) >= 11 is 5.06. The average molecular weight is 356 g/mol. The van der Waals surface area contributed by atoms with Gasteiger partial charge in [0.25, 0.3) is 5.69 Å². The predicted octanol–water partition coefficient (Wildman–Crippen LogP) is 1.44. The molecule has 1 atom stereocenters. The van der Waals surface area contributed by atoms with Crippen LogP contribution in [-0.2, 0) is 4.74 Å². The lowest BCUT2D eigenvalue weighted by atomic mass is 10.1. The number of nitrogens with one attached hydrogen (secondary N) is 2. The maximum absolute atomic E-state index is 11.2. The molecule has 24 heavy (non-hydrogen) atoms. The fraction of sp³-hybridized carbons (Fsp3) is 0.429. The van der Waals surface area contributed by atoms with E-state index in [1.807, 2.05) is 6.92 Å². The van der Waals surface area contributed by atoms with Crippen LogP contribution >= 0.6 is 12.2 Å². The quantitative estimate of drug-likeness (QED) is 0.312. The topological polar surface area (TPSA) is 107 Å². The van der Waals surface area contributed by atoms with Crippen molar-refractivity contribution in [1.29, 1.82) is 0 Å². The number of nitrogens with zero attached hydrogens (tertiary/aromatic N) is 2. The zero-order valence-electron chi connectivity index (χ0n) is 13.9. The fourth-order valence-corrected chi connectivity index (χ4v) is 2.11. The third-order valence-electron chi connectivity index (χ3n) is 2.89. The maximum Gasteiger partial charge on any atom is 0.282 e. The molecule has 1 aromatic carbocycles. The number of hydrazone groups is 1. The van der Waals surface area contributed by atoms with Crippen LogP contribution in [0.2, 0.25) is 0 Å². The molecule has 0 aliphatic carbocycles. The van der Waals surface area contributed by atoms with Gasteiger partial charge in [0.05, 0.1) is 43.6 Å². The van der Waals surface area contributed by atoms with E-state index in [-0.39, 0.29) is 28.2 Å². The van der Waals surface area contributed by atoms with Gasteiger partial charge in [0.15, 0.2) is 16.6 Å². The molecule has 0 unspecified atom stereocenters. The van der Waals surface area contributed by atoms with Crippen LogP contribution < -0.4 is 20.2 Å². The van der Waals surface area contributed by atoms with Gasteiger partial charge in [0.1, 0.15) is 0 Å². The Morgan fingerprint density at radius 1 is 1.38 bits per heavy atom. The number of hydrogen-bond donors (Lipinski definition) is 2. The number of rotatable bonds is 8. The van der Waals surface area contributed by atoms with Crippen LogP contribution in [0.3, 0.4) is 0 Å². The summed E-state index contributed by atoms with van der Waals surface area (Å²) in [6, 6.07) is 2.74. The molecule has 0 aromatic heterocycles. The van der Waals surface area contributed by atoms with Crippen LogP contribution in [0, 0.1) is 10.1 Å². The van der Waals surface area contributed by atoms with Crippen molar-refractivity contribution < 1.29 is 19.1 Å². The highest BCUT2D eigenvalue weighted by atomic mass is 32.1. The van der Waals surface area contributed by atoms with Gasteiger partial charge in [-0.25, -0.2) is 0 Å². The van der Waals surface area contributed by atoms with Gasteiger partial charge >= 0.3 is 0 Å². The lowest BCUT2D eigenvalue weighted by Gasteiger charge is -2.13. The van der Waals surface area contributed by atoms with Gasteiger partial charge in [0, 0.05) is 13.2 Å². The molecular formula is C14H20N4O5S. The first-order valence-corrected chi connectivity index (χ1v) is 7.32. The molecule has 132 valence electrons. The predicted molar refractivity (Wildman–Crippen MR) is 94.0 cm³/mol. The van der Waals surface area contributed by atoms with E-state index in [2.05, 4.69) is 15.8 Å². The second-order valence-corrected chi connectivity index (χ2v) is 5.13. The van der Waals surface area contributed by atoms with Crippen molar-refractivity contribution in [3.05, 3.63) is 27.8 Å². The van der Waals surface area contributed by atoms with E-state index < -0.39 is 4.92 Å². The minimum atomic E-state index is -0.527. The second kappa shape index (κ2) is 9.63. The maximum atomic E-state index is 11.2. The average Bonchev–Trinajstić information content (AvgIpc) is 2.54.